The number of anilines is 1. The van der Waals surface area contributed by atoms with E-state index in [0.29, 0.717) is 0 Å². The van der Waals surface area contributed by atoms with Crippen LogP contribution in [0.3, 0.4) is 0 Å². The first-order valence-corrected chi connectivity index (χ1v) is 7.91. The van der Waals surface area contributed by atoms with Crippen molar-refractivity contribution in [2.75, 3.05) is 12.3 Å². The summed E-state index contributed by atoms with van der Waals surface area (Å²) in [7, 11) is 0. The summed E-state index contributed by atoms with van der Waals surface area (Å²) in [5.41, 5.74) is 8.23. The first-order chi connectivity index (χ1) is 9.34. The molecule has 3 N–H and O–H groups in total. The second-order valence-electron chi connectivity index (χ2n) is 6.77. The zero-order valence-corrected chi connectivity index (χ0v) is 11.5. The Morgan fingerprint density at radius 1 is 1.11 bits per heavy atom. The Morgan fingerprint density at radius 2 is 1.84 bits per heavy atom. The van der Waals surface area contributed by atoms with Crippen molar-refractivity contribution < 1.29 is 0 Å². The predicted octanol–water partition coefficient (Wildman–Crippen LogP) is 2.84. The Balaban J connectivity index is 1.22. The Morgan fingerprint density at radius 3 is 2.58 bits per heavy atom. The minimum Gasteiger partial charge on any atom is -0.399 e. The van der Waals surface area contributed by atoms with E-state index in [1.807, 2.05) is 12.1 Å². The van der Waals surface area contributed by atoms with Crippen LogP contribution in [0.15, 0.2) is 24.3 Å². The molecule has 0 spiro atoms. The van der Waals surface area contributed by atoms with E-state index >= 15 is 0 Å². The molecule has 0 saturated heterocycles. The van der Waals surface area contributed by atoms with Gasteiger partial charge in [0.2, 0.25) is 0 Å². The molecule has 1 aromatic carbocycles. The van der Waals surface area contributed by atoms with Gasteiger partial charge in [0, 0.05) is 11.7 Å². The Labute approximate surface area is 115 Å². The van der Waals surface area contributed by atoms with Gasteiger partial charge in [-0.15, -0.1) is 0 Å². The number of nitrogens with two attached hydrogens (primary N) is 1. The fraction of sp³-hybridized carbons (Fsp3) is 0.647. The van der Waals surface area contributed by atoms with E-state index in [2.05, 4.69) is 17.4 Å². The van der Waals surface area contributed by atoms with E-state index < -0.39 is 0 Å². The van der Waals surface area contributed by atoms with Gasteiger partial charge in [-0.05, 0) is 74.0 Å². The van der Waals surface area contributed by atoms with Crippen LogP contribution in [-0.2, 0) is 6.42 Å². The molecule has 1 aromatic rings. The lowest BCUT2D eigenvalue weighted by Crippen LogP contribution is -2.24. The molecular weight excluding hydrogens is 232 g/mol. The van der Waals surface area contributed by atoms with E-state index in [0.717, 1.165) is 48.4 Å². The Hall–Kier alpha value is -1.02. The lowest BCUT2D eigenvalue weighted by Gasteiger charge is -2.11. The van der Waals surface area contributed by atoms with Crippen LogP contribution in [0.2, 0.25) is 0 Å². The molecule has 0 aromatic heterocycles. The van der Waals surface area contributed by atoms with E-state index in [1.165, 1.54) is 24.8 Å². The molecule has 3 fully saturated rings. The first kappa shape index (κ1) is 11.8. The summed E-state index contributed by atoms with van der Waals surface area (Å²) in [6, 6.07) is 9.13. The lowest BCUT2D eigenvalue weighted by atomic mass is 10.0. The average Bonchev–Trinajstić information content (AvgIpc) is 2.81. The molecule has 2 bridgehead atoms. The Kier molecular flexibility index (Phi) is 2.80. The summed E-state index contributed by atoms with van der Waals surface area (Å²) >= 11 is 0. The van der Waals surface area contributed by atoms with Gasteiger partial charge in [0.25, 0.3) is 0 Å². The molecule has 3 aliphatic rings. The van der Waals surface area contributed by atoms with Crippen molar-refractivity contribution >= 4 is 5.69 Å². The number of nitrogens with one attached hydrogen (secondary N) is 1. The molecule has 3 saturated carbocycles. The smallest absolute Gasteiger partial charge is 0.0346 e. The fourth-order valence-corrected chi connectivity index (χ4v) is 4.91. The molecule has 0 radical (unpaired) electrons. The van der Waals surface area contributed by atoms with Crippen LogP contribution in [0.1, 0.15) is 31.2 Å². The molecule has 0 aliphatic heterocycles. The van der Waals surface area contributed by atoms with E-state index in [9.17, 15) is 0 Å². The highest BCUT2D eigenvalue weighted by atomic mass is 15.0. The second-order valence-corrected chi connectivity index (χ2v) is 6.77. The maximum Gasteiger partial charge on any atom is 0.0346 e. The summed E-state index contributed by atoms with van der Waals surface area (Å²) in [5, 5.41) is 3.81. The van der Waals surface area contributed by atoms with Crippen LogP contribution < -0.4 is 11.1 Å². The first-order valence-electron chi connectivity index (χ1n) is 7.91. The van der Waals surface area contributed by atoms with Crippen LogP contribution in [0.25, 0.3) is 0 Å². The van der Waals surface area contributed by atoms with Gasteiger partial charge in [-0.3, -0.25) is 0 Å². The van der Waals surface area contributed by atoms with Gasteiger partial charge in [0.05, 0.1) is 0 Å². The number of hydrogen-bond acceptors (Lipinski definition) is 2. The lowest BCUT2D eigenvalue weighted by molar-refractivity contribution is 0.456. The molecule has 2 heteroatoms. The third kappa shape index (κ3) is 1.97. The van der Waals surface area contributed by atoms with Gasteiger partial charge in [-0.2, -0.15) is 0 Å². The van der Waals surface area contributed by atoms with Crippen LogP contribution in [0.4, 0.5) is 5.69 Å². The molecule has 2 nitrogen and oxygen atoms in total. The quantitative estimate of drug-likeness (QED) is 0.628. The zero-order chi connectivity index (χ0) is 12.8. The van der Waals surface area contributed by atoms with Gasteiger partial charge in [-0.25, -0.2) is 0 Å². The fourth-order valence-electron chi connectivity index (χ4n) is 4.91. The minimum atomic E-state index is 0.874. The van der Waals surface area contributed by atoms with Crippen molar-refractivity contribution in [2.45, 2.75) is 38.1 Å². The van der Waals surface area contributed by atoms with Gasteiger partial charge in [-0.1, -0.05) is 18.2 Å². The third-order valence-electron chi connectivity index (χ3n) is 5.79. The summed E-state index contributed by atoms with van der Waals surface area (Å²) in [6.07, 6.45) is 6.90. The SMILES string of the molecule is Nc1ccccc1CCCNC1C2C3CCC(C3)C12. The standard InChI is InChI=1S/C17H24N2/c18-14-6-2-1-4-11(14)5-3-9-19-17-15-12-7-8-13(10-12)16(15)17/h1-2,4,6,12-13,15-17,19H,3,5,7-10,18H2. The molecule has 4 unspecified atom stereocenters. The molecular formula is C17H24N2. The van der Waals surface area contributed by atoms with Crippen LogP contribution in [0, 0.1) is 23.7 Å². The number of hydrogen-bond donors (Lipinski definition) is 2. The number of fused-ring (bicyclic) bond motifs is 5. The largest absolute Gasteiger partial charge is 0.399 e. The van der Waals surface area contributed by atoms with Crippen molar-refractivity contribution in [3.63, 3.8) is 0 Å². The maximum absolute atomic E-state index is 5.97. The third-order valence-corrected chi connectivity index (χ3v) is 5.79. The monoisotopic (exact) mass is 256 g/mol. The highest BCUT2D eigenvalue weighted by Gasteiger charge is 2.64. The van der Waals surface area contributed by atoms with Crippen molar-refractivity contribution in [1.82, 2.24) is 5.32 Å². The number of nitrogen functional groups attached to an aromatic ring is 1. The molecule has 3 aliphatic carbocycles. The number of benzene rings is 1. The van der Waals surface area contributed by atoms with Crippen LogP contribution in [-0.4, -0.2) is 12.6 Å². The van der Waals surface area contributed by atoms with Crippen LogP contribution in [0.5, 0.6) is 0 Å². The zero-order valence-electron chi connectivity index (χ0n) is 11.5. The molecule has 19 heavy (non-hydrogen) atoms. The van der Waals surface area contributed by atoms with Gasteiger partial charge >= 0.3 is 0 Å². The van der Waals surface area contributed by atoms with Crippen molar-refractivity contribution in [1.29, 1.82) is 0 Å². The summed E-state index contributed by atoms with van der Waals surface area (Å²) in [4.78, 5) is 0. The predicted molar refractivity (Wildman–Crippen MR) is 78.8 cm³/mol. The van der Waals surface area contributed by atoms with Crippen molar-refractivity contribution in [3.8, 4) is 0 Å². The average molecular weight is 256 g/mol. The van der Waals surface area contributed by atoms with Gasteiger partial charge in [0.15, 0.2) is 0 Å². The summed E-state index contributed by atoms with van der Waals surface area (Å²) in [5.74, 6) is 4.27. The van der Waals surface area contributed by atoms with E-state index in [1.54, 1.807) is 6.42 Å². The summed E-state index contributed by atoms with van der Waals surface area (Å²) < 4.78 is 0. The molecule has 4 rings (SSSR count). The van der Waals surface area contributed by atoms with E-state index in [-0.39, 0.29) is 0 Å². The van der Waals surface area contributed by atoms with Crippen molar-refractivity contribution in [3.05, 3.63) is 29.8 Å². The van der Waals surface area contributed by atoms with Gasteiger partial charge < -0.3 is 11.1 Å². The molecule has 102 valence electrons. The number of rotatable bonds is 5. The normalized spacial score (nSPS) is 38.4. The number of aryl methyl sites for hydroxylation is 1. The topological polar surface area (TPSA) is 38.0 Å². The maximum atomic E-state index is 5.97. The highest BCUT2D eigenvalue weighted by molar-refractivity contribution is 5.46. The van der Waals surface area contributed by atoms with E-state index in [4.69, 9.17) is 5.73 Å². The molecule has 0 amide bonds. The minimum absolute atomic E-state index is 0.874. The van der Waals surface area contributed by atoms with Crippen molar-refractivity contribution in [2.24, 2.45) is 23.7 Å². The summed E-state index contributed by atoms with van der Waals surface area (Å²) in [6.45, 7) is 1.16. The second kappa shape index (κ2) is 4.52. The highest BCUT2D eigenvalue weighted by Crippen LogP contribution is 2.65. The van der Waals surface area contributed by atoms with Crippen LogP contribution >= 0.6 is 0 Å². The van der Waals surface area contributed by atoms with Gasteiger partial charge in [0.1, 0.15) is 0 Å². The molecule has 4 atom stereocenters. The Bertz CT molecular complexity index is 454. The number of para-hydroxylation sites is 1. The molecule has 0 heterocycles.